The lowest BCUT2D eigenvalue weighted by molar-refractivity contribution is -0.135. The lowest BCUT2D eigenvalue weighted by Crippen LogP contribution is -2.41. The molecule has 3 atom stereocenters. The Morgan fingerprint density at radius 3 is 2.33 bits per heavy atom. The molecule has 184 valence electrons. The number of carbonyl (C=O) groups excluding carboxylic acids is 4. The largest absolute Gasteiger partial charge is 0.508 e. The van der Waals surface area contributed by atoms with Crippen molar-refractivity contribution in [2.45, 2.75) is 29.7 Å². The van der Waals surface area contributed by atoms with Gasteiger partial charge in [0, 0.05) is 16.5 Å². The number of nitrogens with zero attached hydrogens (tertiary/aromatic N) is 2. The van der Waals surface area contributed by atoms with Gasteiger partial charge in [0.05, 0.1) is 10.9 Å². The molecule has 2 aliphatic rings. The van der Waals surface area contributed by atoms with Crippen molar-refractivity contribution in [2.24, 2.45) is 11.7 Å². The first kappa shape index (κ1) is 23.8. The van der Waals surface area contributed by atoms with Crippen LogP contribution >= 0.6 is 23.1 Å². The minimum absolute atomic E-state index is 0.00632. The zero-order chi connectivity index (χ0) is 25.7. The van der Waals surface area contributed by atoms with E-state index in [1.807, 2.05) is 19.1 Å². The molecule has 1 aromatic heterocycles. The molecule has 3 aromatic rings. The monoisotopic (exact) mass is 524 g/mol. The number of likely N-dealkylation sites (tertiary alicyclic amines) is 1. The van der Waals surface area contributed by atoms with E-state index >= 15 is 0 Å². The topological polar surface area (TPSA) is 152 Å². The molecule has 3 heterocycles. The maximum atomic E-state index is 13.1. The van der Waals surface area contributed by atoms with Gasteiger partial charge in [-0.1, -0.05) is 52.9 Å². The highest BCUT2D eigenvalue weighted by molar-refractivity contribution is 8.00. The standard InChI is InChI=1S/C24H20N4O6S2/c1-11-2-6-13(7-3-11)26-15(30)10-27-22-19(36-24(27)34)16(12-4-8-14(29)9-5-12)17-18(35-22)21(32)28(20(17)31)23(25)33/h2-9,16-18,29H,10H2,1H3,(H2,25,33)(H,26,30). The second-order valence-corrected chi connectivity index (χ2v) is 10.6. The Kier molecular flexibility index (Phi) is 5.92. The Morgan fingerprint density at radius 2 is 1.69 bits per heavy atom. The van der Waals surface area contributed by atoms with Crippen LogP contribution in [0, 0.1) is 12.8 Å². The maximum Gasteiger partial charge on any atom is 0.328 e. The lowest BCUT2D eigenvalue weighted by Gasteiger charge is -2.30. The summed E-state index contributed by atoms with van der Waals surface area (Å²) in [5.74, 6) is -3.64. The summed E-state index contributed by atoms with van der Waals surface area (Å²) >= 11 is 1.87. The summed E-state index contributed by atoms with van der Waals surface area (Å²) < 4.78 is 1.28. The number of aromatic nitrogens is 1. The summed E-state index contributed by atoms with van der Waals surface area (Å²) in [6, 6.07) is 12.1. The van der Waals surface area contributed by atoms with Gasteiger partial charge < -0.3 is 16.2 Å². The molecule has 12 heteroatoms. The molecule has 5 rings (SSSR count). The molecule has 10 nitrogen and oxygen atoms in total. The average Bonchev–Trinajstić information content (AvgIpc) is 3.27. The van der Waals surface area contributed by atoms with Crippen LogP contribution in [0.2, 0.25) is 0 Å². The SMILES string of the molecule is Cc1ccc(NC(=O)Cn2c3c(sc2=O)C(c2ccc(O)cc2)C2C(=O)N(C(N)=O)C(=O)C2S3)cc1. The molecule has 0 spiro atoms. The fourth-order valence-corrected chi connectivity index (χ4v) is 7.27. The number of phenolic OH excluding ortho intramolecular Hbond substituents is 1. The number of thiazole rings is 1. The highest BCUT2D eigenvalue weighted by Crippen LogP contribution is 2.53. The van der Waals surface area contributed by atoms with E-state index in [-0.39, 0.29) is 12.3 Å². The number of nitrogens with one attached hydrogen (secondary N) is 1. The van der Waals surface area contributed by atoms with Gasteiger partial charge in [-0.2, -0.15) is 4.90 Å². The van der Waals surface area contributed by atoms with E-state index in [0.717, 1.165) is 28.7 Å². The van der Waals surface area contributed by atoms with E-state index in [2.05, 4.69) is 5.32 Å². The Labute approximate surface area is 212 Å². The predicted octanol–water partition coefficient (Wildman–Crippen LogP) is 2.23. The van der Waals surface area contributed by atoms with Crippen molar-refractivity contribution < 1.29 is 24.3 Å². The van der Waals surface area contributed by atoms with Crippen molar-refractivity contribution in [3.63, 3.8) is 0 Å². The van der Waals surface area contributed by atoms with Crippen LogP contribution < -0.4 is 15.9 Å². The van der Waals surface area contributed by atoms with Gasteiger partial charge in [-0.05, 0) is 36.8 Å². The smallest absolute Gasteiger partial charge is 0.328 e. The molecular formula is C24H20N4O6S2. The number of hydrogen-bond acceptors (Lipinski definition) is 8. The van der Waals surface area contributed by atoms with Crippen LogP contribution in [0.4, 0.5) is 10.5 Å². The lowest BCUT2D eigenvalue weighted by atomic mass is 9.83. The van der Waals surface area contributed by atoms with Gasteiger partial charge in [-0.3, -0.25) is 23.7 Å². The first-order valence-corrected chi connectivity index (χ1v) is 12.6. The molecule has 4 N–H and O–H groups in total. The molecule has 1 fully saturated rings. The second-order valence-electron chi connectivity index (χ2n) is 8.52. The summed E-state index contributed by atoms with van der Waals surface area (Å²) in [5, 5.41) is 11.9. The molecule has 1 saturated heterocycles. The summed E-state index contributed by atoms with van der Waals surface area (Å²) in [6.45, 7) is 1.62. The van der Waals surface area contributed by atoms with Crippen molar-refractivity contribution in [3.8, 4) is 5.75 Å². The fraction of sp³-hybridized carbons (Fsp3) is 0.208. The summed E-state index contributed by atoms with van der Waals surface area (Å²) in [5.41, 5.74) is 7.50. The highest BCUT2D eigenvalue weighted by atomic mass is 32.2. The van der Waals surface area contributed by atoms with Crippen LogP contribution in [0.1, 0.15) is 21.9 Å². The zero-order valence-corrected chi connectivity index (χ0v) is 20.5. The third-order valence-electron chi connectivity index (χ3n) is 6.16. The Bertz CT molecular complexity index is 1460. The van der Waals surface area contributed by atoms with E-state index in [0.29, 0.717) is 26.1 Å². The summed E-state index contributed by atoms with van der Waals surface area (Å²) in [6.07, 6.45) is 0. The average molecular weight is 525 g/mol. The fourth-order valence-electron chi connectivity index (χ4n) is 4.49. The van der Waals surface area contributed by atoms with E-state index in [1.165, 1.54) is 16.7 Å². The number of aryl methyl sites for hydroxylation is 1. The van der Waals surface area contributed by atoms with E-state index in [1.54, 1.807) is 24.3 Å². The Morgan fingerprint density at radius 1 is 1.03 bits per heavy atom. The normalized spacial score (nSPS) is 20.7. The van der Waals surface area contributed by atoms with Gasteiger partial charge in [0.2, 0.25) is 11.8 Å². The molecular weight excluding hydrogens is 504 g/mol. The van der Waals surface area contributed by atoms with Crippen LogP contribution in [0.5, 0.6) is 5.75 Å². The Balaban J connectivity index is 1.55. The van der Waals surface area contributed by atoms with Crippen LogP contribution in [0.3, 0.4) is 0 Å². The number of benzene rings is 2. The zero-order valence-electron chi connectivity index (χ0n) is 18.8. The van der Waals surface area contributed by atoms with E-state index in [9.17, 15) is 29.1 Å². The third kappa shape index (κ3) is 3.97. The number of phenols is 1. The highest BCUT2D eigenvalue weighted by Gasteiger charge is 2.57. The summed E-state index contributed by atoms with van der Waals surface area (Å²) in [4.78, 5) is 64.4. The van der Waals surface area contributed by atoms with Crippen LogP contribution in [0.15, 0.2) is 58.4 Å². The van der Waals surface area contributed by atoms with Crippen molar-refractivity contribution in [1.29, 1.82) is 0 Å². The Hall–Kier alpha value is -3.90. The van der Waals surface area contributed by atoms with Gasteiger partial charge in [-0.15, -0.1) is 0 Å². The van der Waals surface area contributed by atoms with Gasteiger partial charge in [-0.25, -0.2) is 4.79 Å². The number of aromatic hydroxyl groups is 1. The number of carbonyl (C=O) groups is 4. The van der Waals surface area contributed by atoms with Crippen LogP contribution in [-0.2, 0) is 20.9 Å². The minimum Gasteiger partial charge on any atom is -0.508 e. The quantitative estimate of drug-likeness (QED) is 0.443. The summed E-state index contributed by atoms with van der Waals surface area (Å²) in [7, 11) is 0. The van der Waals surface area contributed by atoms with E-state index < -0.39 is 45.7 Å². The number of rotatable bonds is 4. The maximum absolute atomic E-state index is 13.1. The van der Waals surface area contributed by atoms with Gasteiger partial charge in [0.25, 0.3) is 5.91 Å². The van der Waals surface area contributed by atoms with Crippen LogP contribution in [0.25, 0.3) is 0 Å². The van der Waals surface area contributed by atoms with Crippen molar-refractivity contribution in [2.75, 3.05) is 5.32 Å². The molecule has 5 amide bonds. The van der Waals surface area contributed by atoms with Gasteiger partial charge in [0.15, 0.2) is 0 Å². The number of nitrogens with two attached hydrogens (primary N) is 1. The molecule has 0 saturated carbocycles. The molecule has 36 heavy (non-hydrogen) atoms. The molecule has 0 bridgehead atoms. The number of anilines is 1. The molecule has 0 aliphatic carbocycles. The predicted molar refractivity (Wildman–Crippen MR) is 133 cm³/mol. The number of urea groups is 1. The first-order valence-electron chi connectivity index (χ1n) is 10.9. The number of hydrogen-bond donors (Lipinski definition) is 3. The molecule has 2 aliphatic heterocycles. The number of amides is 5. The number of primary amides is 1. The van der Waals surface area contributed by atoms with Gasteiger partial charge >= 0.3 is 10.9 Å². The van der Waals surface area contributed by atoms with E-state index in [4.69, 9.17) is 5.73 Å². The molecule has 3 unspecified atom stereocenters. The first-order chi connectivity index (χ1) is 17.2. The third-order valence-corrected chi connectivity index (χ3v) is 8.76. The second kappa shape index (κ2) is 8.95. The number of thioether (sulfide) groups is 1. The molecule has 2 aromatic carbocycles. The van der Waals surface area contributed by atoms with Crippen molar-refractivity contribution in [3.05, 3.63) is 74.2 Å². The van der Waals surface area contributed by atoms with Crippen LogP contribution in [-0.4, -0.2) is 43.6 Å². The minimum atomic E-state index is -1.16. The van der Waals surface area contributed by atoms with Crippen molar-refractivity contribution in [1.82, 2.24) is 9.47 Å². The van der Waals surface area contributed by atoms with Crippen molar-refractivity contribution >= 4 is 52.5 Å². The number of fused-ring (bicyclic) bond motifs is 2. The molecule has 0 radical (unpaired) electrons. The van der Waals surface area contributed by atoms with Gasteiger partial charge in [0.1, 0.15) is 17.5 Å². The number of imide groups is 3.